The standard InChI is InChI=1S/C13H19ClFNO2S/c1-4-16-13(9(2)19(3,17)18)8-10-7-11(15)5-6-12(10)14/h5-7,9,13,16H,4,8H2,1-3H3. The molecule has 0 spiro atoms. The second-order valence-corrected chi connectivity index (χ2v) is 7.45. The van der Waals surface area contributed by atoms with E-state index in [-0.39, 0.29) is 11.9 Å². The molecule has 2 atom stereocenters. The molecule has 0 aliphatic heterocycles. The average Bonchev–Trinajstić information content (AvgIpc) is 2.31. The molecular weight excluding hydrogens is 289 g/mol. The summed E-state index contributed by atoms with van der Waals surface area (Å²) in [5.41, 5.74) is 0.614. The Labute approximate surface area is 119 Å². The summed E-state index contributed by atoms with van der Waals surface area (Å²) < 4.78 is 36.5. The Bertz CT molecular complexity index is 533. The SMILES string of the molecule is CCNC(Cc1cc(F)ccc1Cl)C(C)S(C)(=O)=O. The molecule has 1 N–H and O–H groups in total. The third kappa shape index (κ3) is 4.75. The third-order valence-electron chi connectivity index (χ3n) is 3.16. The number of benzene rings is 1. The number of sulfone groups is 1. The van der Waals surface area contributed by atoms with Crippen LogP contribution in [0.15, 0.2) is 18.2 Å². The molecule has 1 aromatic carbocycles. The van der Waals surface area contributed by atoms with Gasteiger partial charge in [0, 0.05) is 17.3 Å². The van der Waals surface area contributed by atoms with Crippen LogP contribution in [-0.4, -0.2) is 32.5 Å². The molecule has 0 radical (unpaired) electrons. The van der Waals surface area contributed by atoms with Crippen molar-refractivity contribution in [2.24, 2.45) is 0 Å². The first-order valence-electron chi connectivity index (χ1n) is 6.12. The molecule has 0 aliphatic rings. The maximum Gasteiger partial charge on any atom is 0.151 e. The van der Waals surface area contributed by atoms with Crippen LogP contribution in [0.5, 0.6) is 0 Å². The Morgan fingerprint density at radius 2 is 2.05 bits per heavy atom. The number of halogens is 2. The fourth-order valence-electron chi connectivity index (χ4n) is 1.90. The van der Waals surface area contributed by atoms with E-state index < -0.39 is 15.1 Å². The van der Waals surface area contributed by atoms with Gasteiger partial charge in [0.2, 0.25) is 0 Å². The minimum atomic E-state index is -3.17. The number of nitrogens with one attached hydrogen (secondary N) is 1. The van der Waals surface area contributed by atoms with Crippen LogP contribution in [0.3, 0.4) is 0 Å². The van der Waals surface area contributed by atoms with Crippen molar-refractivity contribution in [2.75, 3.05) is 12.8 Å². The Kier molecular flexibility index (Phi) is 5.77. The van der Waals surface area contributed by atoms with Crippen LogP contribution >= 0.6 is 11.6 Å². The van der Waals surface area contributed by atoms with Crippen LogP contribution in [0.4, 0.5) is 4.39 Å². The molecule has 108 valence electrons. The summed E-state index contributed by atoms with van der Waals surface area (Å²) in [6, 6.07) is 3.83. The van der Waals surface area contributed by atoms with E-state index in [4.69, 9.17) is 11.6 Å². The molecule has 0 heterocycles. The molecule has 3 nitrogen and oxygen atoms in total. The van der Waals surface area contributed by atoms with Crippen LogP contribution in [-0.2, 0) is 16.3 Å². The van der Waals surface area contributed by atoms with Gasteiger partial charge < -0.3 is 5.32 Å². The third-order valence-corrected chi connectivity index (χ3v) is 5.20. The summed E-state index contributed by atoms with van der Waals surface area (Å²) in [5.74, 6) is -0.373. The van der Waals surface area contributed by atoms with E-state index in [9.17, 15) is 12.8 Å². The number of hydrogen-bond acceptors (Lipinski definition) is 3. The molecular formula is C13H19ClFNO2S. The van der Waals surface area contributed by atoms with Gasteiger partial charge in [0.1, 0.15) is 5.82 Å². The number of likely N-dealkylation sites (N-methyl/N-ethyl adjacent to an activating group) is 1. The van der Waals surface area contributed by atoms with Gasteiger partial charge >= 0.3 is 0 Å². The molecule has 0 aliphatic carbocycles. The van der Waals surface area contributed by atoms with E-state index in [1.165, 1.54) is 24.5 Å². The zero-order chi connectivity index (χ0) is 14.6. The predicted molar refractivity (Wildman–Crippen MR) is 76.9 cm³/mol. The van der Waals surface area contributed by atoms with Crippen LogP contribution in [0.1, 0.15) is 19.4 Å². The summed E-state index contributed by atoms with van der Waals surface area (Å²) in [4.78, 5) is 0. The van der Waals surface area contributed by atoms with Crippen LogP contribution in [0.25, 0.3) is 0 Å². The lowest BCUT2D eigenvalue weighted by Gasteiger charge is -2.24. The average molecular weight is 308 g/mol. The van der Waals surface area contributed by atoms with Crippen molar-refractivity contribution >= 4 is 21.4 Å². The minimum Gasteiger partial charge on any atom is -0.313 e. The first kappa shape index (κ1) is 16.4. The van der Waals surface area contributed by atoms with Gasteiger partial charge in [-0.2, -0.15) is 0 Å². The normalized spacial score (nSPS) is 15.2. The lowest BCUT2D eigenvalue weighted by atomic mass is 10.0. The van der Waals surface area contributed by atoms with Gasteiger partial charge in [0.05, 0.1) is 5.25 Å². The minimum absolute atomic E-state index is 0.292. The molecule has 0 aromatic heterocycles. The Morgan fingerprint density at radius 3 is 2.58 bits per heavy atom. The van der Waals surface area contributed by atoms with Crippen molar-refractivity contribution in [3.8, 4) is 0 Å². The smallest absolute Gasteiger partial charge is 0.151 e. The summed E-state index contributed by atoms with van der Waals surface area (Å²) in [7, 11) is -3.17. The van der Waals surface area contributed by atoms with E-state index in [0.29, 0.717) is 23.6 Å². The molecule has 0 saturated heterocycles. The van der Waals surface area contributed by atoms with Gasteiger partial charge in [0.15, 0.2) is 9.84 Å². The molecule has 2 unspecified atom stereocenters. The lowest BCUT2D eigenvalue weighted by Crippen LogP contribution is -2.43. The predicted octanol–water partition coefficient (Wildman–Crippen LogP) is 2.43. The Balaban J connectivity index is 2.99. The second kappa shape index (κ2) is 6.68. The van der Waals surface area contributed by atoms with Crippen LogP contribution in [0, 0.1) is 5.82 Å². The summed E-state index contributed by atoms with van der Waals surface area (Å²) >= 11 is 6.02. The topological polar surface area (TPSA) is 46.2 Å². The van der Waals surface area contributed by atoms with Gasteiger partial charge in [0.25, 0.3) is 0 Å². The molecule has 6 heteroatoms. The zero-order valence-corrected chi connectivity index (χ0v) is 12.9. The first-order chi connectivity index (χ1) is 8.75. The summed E-state index contributed by atoms with van der Waals surface area (Å²) in [5, 5.41) is 3.01. The van der Waals surface area contributed by atoms with Crippen molar-refractivity contribution in [1.29, 1.82) is 0 Å². The molecule has 0 saturated carbocycles. The van der Waals surface area contributed by atoms with Gasteiger partial charge in [-0.1, -0.05) is 18.5 Å². The number of hydrogen-bond donors (Lipinski definition) is 1. The van der Waals surface area contributed by atoms with E-state index in [1.54, 1.807) is 6.92 Å². The van der Waals surface area contributed by atoms with E-state index >= 15 is 0 Å². The van der Waals surface area contributed by atoms with Crippen molar-refractivity contribution in [1.82, 2.24) is 5.32 Å². The Morgan fingerprint density at radius 1 is 1.42 bits per heavy atom. The molecule has 0 amide bonds. The van der Waals surface area contributed by atoms with Crippen molar-refractivity contribution in [3.63, 3.8) is 0 Å². The highest BCUT2D eigenvalue weighted by Gasteiger charge is 2.26. The highest BCUT2D eigenvalue weighted by molar-refractivity contribution is 7.91. The highest BCUT2D eigenvalue weighted by atomic mass is 35.5. The van der Waals surface area contributed by atoms with Crippen molar-refractivity contribution < 1.29 is 12.8 Å². The maximum absolute atomic E-state index is 13.2. The summed E-state index contributed by atoms with van der Waals surface area (Å²) in [6.07, 6.45) is 1.58. The maximum atomic E-state index is 13.2. The van der Waals surface area contributed by atoms with Crippen LogP contribution in [0.2, 0.25) is 5.02 Å². The van der Waals surface area contributed by atoms with Gasteiger partial charge in [-0.3, -0.25) is 0 Å². The molecule has 1 rings (SSSR count). The van der Waals surface area contributed by atoms with Gasteiger partial charge in [-0.05, 0) is 43.7 Å². The highest BCUT2D eigenvalue weighted by Crippen LogP contribution is 2.20. The number of rotatable bonds is 6. The van der Waals surface area contributed by atoms with Gasteiger partial charge in [-0.15, -0.1) is 0 Å². The Hall–Kier alpha value is -0.650. The van der Waals surface area contributed by atoms with Crippen molar-refractivity contribution in [3.05, 3.63) is 34.6 Å². The molecule has 0 fully saturated rings. The molecule has 19 heavy (non-hydrogen) atoms. The fourth-order valence-corrected chi connectivity index (χ4v) is 2.89. The largest absolute Gasteiger partial charge is 0.313 e. The van der Waals surface area contributed by atoms with E-state index in [1.807, 2.05) is 6.92 Å². The fraction of sp³-hybridized carbons (Fsp3) is 0.538. The second-order valence-electron chi connectivity index (χ2n) is 4.64. The van der Waals surface area contributed by atoms with E-state index in [0.717, 1.165) is 0 Å². The van der Waals surface area contributed by atoms with Gasteiger partial charge in [-0.25, -0.2) is 12.8 Å². The zero-order valence-electron chi connectivity index (χ0n) is 11.3. The summed E-state index contributed by atoms with van der Waals surface area (Å²) in [6.45, 7) is 4.18. The van der Waals surface area contributed by atoms with Crippen molar-refractivity contribution in [2.45, 2.75) is 31.6 Å². The quantitative estimate of drug-likeness (QED) is 0.878. The first-order valence-corrected chi connectivity index (χ1v) is 8.45. The monoisotopic (exact) mass is 307 g/mol. The molecule has 1 aromatic rings. The van der Waals surface area contributed by atoms with E-state index in [2.05, 4.69) is 5.32 Å². The lowest BCUT2D eigenvalue weighted by molar-refractivity contribution is 0.493. The van der Waals surface area contributed by atoms with Crippen LogP contribution < -0.4 is 5.32 Å². The molecule has 0 bridgehead atoms.